The molecule has 4 aliphatic carbocycles. The molecule has 1 nitrogen and oxygen atoms in total. The summed E-state index contributed by atoms with van der Waals surface area (Å²) in [5, 5.41) is 10.6. The van der Waals surface area contributed by atoms with Gasteiger partial charge in [-0.3, -0.25) is 0 Å². The fourth-order valence-electron chi connectivity index (χ4n) is 7.23. The van der Waals surface area contributed by atoms with Gasteiger partial charge in [0.15, 0.2) is 0 Å². The first-order valence-corrected chi connectivity index (χ1v) is 9.94. The van der Waals surface area contributed by atoms with Crippen LogP contribution in [0, 0.1) is 34.5 Å². The van der Waals surface area contributed by atoms with Crippen molar-refractivity contribution in [1.29, 1.82) is 0 Å². The number of allylic oxidation sites excluding steroid dienone is 3. The van der Waals surface area contributed by atoms with Crippen LogP contribution < -0.4 is 0 Å². The maximum absolute atomic E-state index is 10.6. The molecule has 4 unspecified atom stereocenters. The molecule has 3 fully saturated rings. The maximum atomic E-state index is 10.6. The van der Waals surface area contributed by atoms with Gasteiger partial charge in [-0.15, -0.1) is 0 Å². The van der Waals surface area contributed by atoms with Gasteiger partial charge in [0.05, 0.1) is 6.10 Å². The third-order valence-corrected chi connectivity index (χ3v) is 8.55. The highest BCUT2D eigenvalue weighted by atomic mass is 16.3. The van der Waals surface area contributed by atoms with E-state index in [1.807, 2.05) is 0 Å². The van der Waals surface area contributed by atoms with Gasteiger partial charge < -0.3 is 5.11 Å². The molecule has 4 aliphatic rings. The molecule has 0 heterocycles. The summed E-state index contributed by atoms with van der Waals surface area (Å²) in [7, 11) is 0. The Kier molecular flexibility index (Phi) is 3.61. The largest absolute Gasteiger partial charge is 0.389 e. The lowest BCUT2D eigenvalue weighted by molar-refractivity contribution is -0.0185. The van der Waals surface area contributed by atoms with Crippen molar-refractivity contribution in [2.45, 2.75) is 78.7 Å². The molecule has 0 aliphatic heterocycles. The molecule has 0 bridgehead atoms. The summed E-state index contributed by atoms with van der Waals surface area (Å²) in [4.78, 5) is 0. The van der Waals surface area contributed by atoms with E-state index in [0.717, 1.165) is 24.2 Å². The summed E-state index contributed by atoms with van der Waals surface area (Å²) < 4.78 is 0. The smallest absolute Gasteiger partial charge is 0.0758 e. The Morgan fingerprint density at radius 2 is 1.87 bits per heavy atom. The average molecular weight is 315 g/mol. The van der Waals surface area contributed by atoms with Gasteiger partial charge in [0.2, 0.25) is 0 Å². The van der Waals surface area contributed by atoms with Crippen LogP contribution in [0.2, 0.25) is 0 Å². The number of hydrogen-bond donors (Lipinski definition) is 1. The van der Waals surface area contributed by atoms with Gasteiger partial charge in [0, 0.05) is 0 Å². The highest BCUT2D eigenvalue weighted by molar-refractivity contribution is 5.31. The molecule has 7 atom stereocenters. The van der Waals surface area contributed by atoms with E-state index in [2.05, 4.69) is 39.8 Å². The van der Waals surface area contributed by atoms with Crippen molar-refractivity contribution in [3.63, 3.8) is 0 Å². The molecule has 0 saturated heterocycles. The molecule has 0 aromatic heterocycles. The van der Waals surface area contributed by atoms with E-state index in [4.69, 9.17) is 0 Å². The van der Waals surface area contributed by atoms with Crippen molar-refractivity contribution in [2.24, 2.45) is 34.5 Å². The molecule has 1 heteroatoms. The predicted molar refractivity (Wildman–Crippen MR) is 96.0 cm³/mol. The first-order chi connectivity index (χ1) is 10.9. The molecule has 0 aromatic carbocycles. The average Bonchev–Trinajstić information content (AvgIpc) is 2.77. The fraction of sp³-hybridized carbons (Fsp3) is 0.818. The van der Waals surface area contributed by atoms with E-state index in [1.54, 1.807) is 5.57 Å². The molecule has 0 spiro atoms. The van der Waals surface area contributed by atoms with E-state index in [1.165, 1.54) is 44.1 Å². The third kappa shape index (κ3) is 2.08. The number of aliphatic hydroxyl groups excluding tert-OH is 1. The predicted octanol–water partition coefficient (Wildman–Crippen LogP) is 5.50. The lowest BCUT2D eigenvalue weighted by atomic mass is 9.47. The number of fused-ring (bicyclic) bond motifs is 5. The normalized spacial score (nSPS) is 54.2. The van der Waals surface area contributed by atoms with Crippen LogP contribution in [0.5, 0.6) is 0 Å². The Morgan fingerprint density at radius 1 is 1.13 bits per heavy atom. The second-order valence-corrected chi connectivity index (χ2v) is 9.56. The summed E-state index contributed by atoms with van der Waals surface area (Å²) in [5.41, 5.74) is 3.85. The van der Waals surface area contributed by atoms with E-state index in [9.17, 15) is 5.11 Å². The van der Waals surface area contributed by atoms with Crippen LogP contribution in [0.15, 0.2) is 23.3 Å². The molecule has 0 radical (unpaired) electrons. The summed E-state index contributed by atoms with van der Waals surface area (Å²) in [6, 6.07) is 0. The van der Waals surface area contributed by atoms with Gasteiger partial charge in [-0.25, -0.2) is 0 Å². The SMILES string of the molecule is C/C=C1/C(O)CC2C3CC=C4C[C@@H](C)CC[C@]4(C)C3CC[C@]12C. The quantitative estimate of drug-likeness (QED) is 0.585. The standard InChI is InChI=1S/C22H34O/c1-5-17-20(23)13-19-16-7-6-15-12-14(2)8-10-21(15,3)18(16)9-11-22(17,19)4/h5-6,14,16,18-20,23H,7-13H2,1-4H3/b17-5-/t14-,16?,18?,19?,20?,21-,22+/m0/s1. The van der Waals surface area contributed by atoms with E-state index >= 15 is 0 Å². The first kappa shape index (κ1) is 15.9. The Bertz CT molecular complexity index is 558. The first-order valence-electron chi connectivity index (χ1n) is 9.94. The van der Waals surface area contributed by atoms with Crippen LogP contribution in [-0.4, -0.2) is 11.2 Å². The minimum Gasteiger partial charge on any atom is -0.389 e. The minimum absolute atomic E-state index is 0.182. The van der Waals surface area contributed by atoms with Crippen molar-refractivity contribution < 1.29 is 5.11 Å². The number of rotatable bonds is 0. The third-order valence-electron chi connectivity index (χ3n) is 8.55. The second-order valence-electron chi connectivity index (χ2n) is 9.56. The van der Waals surface area contributed by atoms with Crippen LogP contribution >= 0.6 is 0 Å². The number of aliphatic hydroxyl groups is 1. The van der Waals surface area contributed by atoms with Crippen molar-refractivity contribution in [2.75, 3.05) is 0 Å². The van der Waals surface area contributed by atoms with Gasteiger partial charge in [-0.05, 0) is 91.9 Å². The van der Waals surface area contributed by atoms with Gasteiger partial charge in [-0.2, -0.15) is 0 Å². The Morgan fingerprint density at radius 3 is 2.61 bits per heavy atom. The molecule has 4 rings (SSSR count). The minimum atomic E-state index is -0.182. The molecular formula is C22H34O. The van der Waals surface area contributed by atoms with Crippen LogP contribution in [0.1, 0.15) is 72.6 Å². The monoisotopic (exact) mass is 314 g/mol. The molecular weight excluding hydrogens is 280 g/mol. The van der Waals surface area contributed by atoms with Gasteiger partial charge >= 0.3 is 0 Å². The van der Waals surface area contributed by atoms with Crippen molar-refractivity contribution in [3.8, 4) is 0 Å². The highest BCUT2D eigenvalue weighted by Gasteiger charge is 2.58. The lowest BCUT2D eigenvalue weighted by Crippen LogP contribution is -2.49. The van der Waals surface area contributed by atoms with E-state index < -0.39 is 0 Å². The molecule has 128 valence electrons. The number of hydrogen-bond acceptors (Lipinski definition) is 1. The van der Waals surface area contributed by atoms with Crippen LogP contribution in [-0.2, 0) is 0 Å². The van der Waals surface area contributed by atoms with Gasteiger partial charge in [0.1, 0.15) is 0 Å². The Balaban J connectivity index is 1.70. The van der Waals surface area contributed by atoms with Crippen LogP contribution in [0.4, 0.5) is 0 Å². The van der Waals surface area contributed by atoms with Gasteiger partial charge in [0.25, 0.3) is 0 Å². The fourth-order valence-corrected chi connectivity index (χ4v) is 7.23. The zero-order valence-corrected chi connectivity index (χ0v) is 15.4. The Hall–Kier alpha value is -0.560. The summed E-state index contributed by atoms with van der Waals surface area (Å²) in [6.45, 7) is 9.58. The van der Waals surface area contributed by atoms with Crippen molar-refractivity contribution >= 4 is 0 Å². The highest BCUT2D eigenvalue weighted by Crippen LogP contribution is 2.66. The van der Waals surface area contributed by atoms with Crippen molar-refractivity contribution in [1.82, 2.24) is 0 Å². The molecule has 1 N–H and O–H groups in total. The van der Waals surface area contributed by atoms with Crippen LogP contribution in [0.25, 0.3) is 0 Å². The van der Waals surface area contributed by atoms with E-state index in [-0.39, 0.29) is 11.5 Å². The van der Waals surface area contributed by atoms with Crippen LogP contribution in [0.3, 0.4) is 0 Å². The topological polar surface area (TPSA) is 20.2 Å². The summed E-state index contributed by atoms with van der Waals surface area (Å²) >= 11 is 0. The molecule has 0 aromatic rings. The second kappa shape index (κ2) is 5.22. The Labute approximate surface area is 142 Å². The molecule has 3 saturated carbocycles. The zero-order chi connectivity index (χ0) is 16.4. The molecule has 23 heavy (non-hydrogen) atoms. The van der Waals surface area contributed by atoms with Gasteiger partial charge in [-0.1, -0.05) is 38.5 Å². The summed E-state index contributed by atoms with van der Waals surface area (Å²) in [5.74, 6) is 3.22. The summed E-state index contributed by atoms with van der Waals surface area (Å²) in [6.07, 6.45) is 13.7. The molecule has 0 amide bonds. The zero-order valence-electron chi connectivity index (χ0n) is 15.4. The van der Waals surface area contributed by atoms with Crippen molar-refractivity contribution in [3.05, 3.63) is 23.3 Å². The lowest BCUT2D eigenvalue weighted by Gasteiger charge is -2.57. The van der Waals surface area contributed by atoms with E-state index in [0.29, 0.717) is 11.3 Å². The maximum Gasteiger partial charge on any atom is 0.0758 e.